The number of aromatic amines is 2. The van der Waals surface area contributed by atoms with Crippen LogP contribution in [0.4, 0.5) is 0 Å². The zero-order valence-corrected chi connectivity index (χ0v) is 24.0. The lowest BCUT2D eigenvalue weighted by atomic mass is 10.00. The van der Waals surface area contributed by atoms with E-state index in [0.717, 1.165) is 22.0 Å². The van der Waals surface area contributed by atoms with Crippen molar-refractivity contribution in [1.82, 2.24) is 30.9 Å². The van der Waals surface area contributed by atoms with E-state index in [2.05, 4.69) is 30.9 Å². The summed E-state index contributed by atoms with van der Waals surface area (Å²) in [5, 5.41) is 18.8. The monoisotopic (exact) mass is 587 g/mol. The molecular formula is C31H37N7O5. The number of amides is 3. The van der Waals surface area contributed by atoms with Gasteiger partial charge in [0.2, 0.25) is 17.7 Å². The highest BCUT2D eigenvalue weighted by molar-refractivity contribution is 5.95. The van der Waals surface area contributed by atoms with Crippen LogP contribution in [0, 0.1) is 5.92 Å². The standard InChI is InChI=1S/C31H37N7O5/c1-18(2)27(32)30(41)37-24(12-19-8-4-3-5-9-19)28(39)36-25(13-20-15-34-23-11-7-6-10-22(20)23)29(40)38-26(31(42)43)14-21-16-33-17-35-21/h3-11,15-18,24-27,34H,12-14,32H2,1-2H3,(H,33,35)(H,36,39)(H,37,41)(H,38,40)(H,42,43). The molecule has 4 rings (SSSR count). The minimum Gasteiger partial charge on any atom is -0.480 e. The Morgan fingerprint density at radius 3 is 2.09 bits per heavy atom. The van der Waals surface area contributed by atoms with Crippen molar-refractivity contribution >= 4 is 34.6 Å². The van der Waals surface area contributed by atoms with Crippen LogP contribution in [0.3, 0.4) is 0 Å². The van der Waals surface area contributed by atoms with Gasteiger partial charge in [-0.05, 0) is 23.1 Å². The molecule has 4 unspecified atom stereocenters. The Balaban J connectivity index is 1.60. The van der Waals surface area contributed by atoms with Gasteiger partial charge in [-0.25, -0.2) is 9.78 Å². The van der Waals surface area contributed by atoms with Crippen molar-refractivity contribution < 1.29 is 24.3 Å². The number of hydrogen-bond acceptors (Lipinski definition) is 6. The largest absolute Gasteiger partial charge is 0.480 e. The van der Waals surface area contributed by atoms with Crippen LogP contribution < -0.4 is 21.7 Å². The van der Waals surface area contributed by atoms with Gasteiger partial charge in [0, 0.05) is 48.3 Å². The second kappa shape index (κ2) is 14.3. The number of hydrogen-bond donors (Lipinski definition) is 7. The molecule has 12 nitrogen and oxygen atoms in total. The molecular weight excluding hydrogens is 550 g/mol. The Bertz CT molecular complexity index is 1530. The van der Waals surface area contributed by atoms with E-state index < -0.39 is 47.9 Å². The average Bonchev–Trinajstić information content (AvgIpc) is 3.66. The molecule has 2 aromatic heterocycles. The zero-order valence-electron chi connectivity index (χ0n) is 24.0. The molecule has 0 spiro atoms. The van der Waals surface area contributed by atoms with Crippen molar-refractivity contribution in [3.05, 3.63) is 90.1 Å². The number of rotatable bonds is 14. The molecule has 0 saturated carbocycles. The molecule has 43 heavy (non-hydrogen) atoms. The van der Waals surface area contributed by atoms with Crippen LogP contribution in [-0.4, -0.2) is 67.9 Å². The predicted molar refractivity (Wildman–Crippen MR) is 161 cm³/mol. The van der Waals surface area contributed by atoms with E-state index in [1.165, 1.54) is 12.5 Å². The van der Waals surface area contributed by atoms with Crippen molar-refractivity contribution in [2.75, 3.05) is 0 Å². The number of fused-ring (bicyclic) bond motifs is 1. The molecule has 4 aromatic rings. The molecule has 3 amide bonds. The van der Waals surface area contributed by atoms with Gasteiger partial charge in [-0.15, -0.1) is 0 Å². The fourth-order valence-corrected chi connectivity index (χ4v) is 4.72. The van der Waals surface area contributed by atoms with Crippen molar-refractivity contribution in [1.29, 1.82) is 0 Å². The average molecular weight is 588 g/mol. The van der Waals surface area contributed by atoms with Crippen molar-refractivity contribution in [3.8, 4) is 0 Å². The molecule has 0 fully saturated rings. The van der Waals surface area contributed by atoms with Crippen LogP contribution in [0.15, 0.2) is 73.3 Å². The van der Waals surface area contributed by atoms with Gasteiger partial charge in [-0.3, -0.25) is 14.4 Å². The summed E-state index contributed by atoms with van der Waals surface area (Å²) >= 11 is 0. The smallest absolute Gasteiger partial charge is 0.326 e. The van der Waals surface area contributed by atoms with E-state index in [9.17, 15) is 24.3 Å². The van der Waals surface area contributed by atoms with Gasteiger partial charge in [0.1, 0.15) is 18.1 Å². The number of aliphatic carboxylic acids is 1. The Hall–Kier alpha value is -4.97. The summed E-state index contributed by atoms with van der Waals surface area (Å²) in [6, 6.07) is 12.3. The third-order valence-corrected chi connectivity index (χ3v) is 7.26. The number of nitrogens with two attached hydrogens (primary N) is 1. The number of carboxylic acid groups (broad SMARTS) is 1. The number of nitrogens with one attached hydrogen (secondary N) is 5. The second-order valence-electron chi connectivity index (χ2n) is 10.8. The molecule has 226 valence electrons. The molecule has 0 aliphatic rings. The zero-order chi connectivity index (χ0) is 30.9. The van der Waals surface area contributed by atoms with Gasteiger partial charge in [0.05, 0.1) is 12.4 Å². The SMILES string of the molecule is CC(C)C(N)C(=O)NC(Cc1ccccc1)C(=O)NC(Cc1c[nH]c2ccccc12)C(=O)NC(Cc1cnc[nH]1)C(=O)O. The molecule has 0 radical (unpaired) electrons. The summed E-state index contributed by atoms with van der Waals surface area (Å²) in [6.45, 7) is 3.61. The number of imidazole rings is 1. The van der Waals surface area contributed by atoms with Gasteiger partial charge in [-0.2, -0.15) is 0 Å². The van der Waals surface area contributed by atoms with Crippen LogP contribution in [0.5, 0.6) is 0 Å². The first kappa shape index (κ1) is 31.0. The number of aromatic nitrogens is 3. The molecule has 0 aliphatic heterocycles. The first-order valence-corrected chi connectivity index (χ1v) is 14.1. The van der Waals surface area contributed by atoms with Crippen molar-refractivity contribution in [2.24, 2.45) is 11.7 Å². The summed E-state index contributed by atoms with van der Waals surface area (Å²) in [5.74, 6) is -3.18. The summed E-state index contributed by atoms with van der Waals surface area (Å²) in [7, 11) is 0. The fraction of sp³-hybridized carbons (Fsp3) is 0.323. The number of nitrogens with zero attached hydrogens (tertiary/aromatic N) is 1. The summed E-state index contributed by atoms with van der Waals surface area (Å²) in [6.07, 6.45) is 4.84. The Kier molecular flexibility index (Phi) is 10.3. The maximum Gasteiger partial charge on any atom is 0.326 e. The number of H-pyrrole nitrogens is 2. The summed E-state index contributed by atoms with van der Waals surface area (Å²) in [5.41, 5.74) is 8.98. The number of benzene rings is 2. The van der Waals surface area contributed by atoms with Crippen molar-refractivity contribution in [2.45, 2.75) is 57.3 Å². The van der Waals surface area contributed by atoms with Gasteiger partial charge < -0.3 is 36.8 Å². The van der Waals surface area contributed by atoms with Gasteiger partial charge in [0.15, 0.2) is 0 Å². The molecule has 2 heterocycles. The lowest BCUT2D eigenvalue weighted by Crippen LogP contribution is -2.58. The van der Waals surface area contributed by atoms with Gasteiger partial charge in [-0.1, -0.05) is 62.4 Å². The topological polar surface area (TPSA) is 195 Å². The normalized spacial score (nSPS) is 14.0. The lowest BCUT2D eigenvalue weighted by Gasteiger charge is -2.26. The molecule has 0 aliphatic carbocycles. The van der Waals surface area contributed by atoms with Crippen LogP contribution in [0.1, 0.15) is 30.7 Å². The third kappa shape index (κ3) is 8.29. The summed E-state index contributed by atoms with van der Waals surface area (Å²) < 4.78 is 0. The maximum absolute atomic E-state index is 13.8. The third-order valence-electron chi connectivity index (χ3n) is 7.26. The van der Waals surface area contributed by atoms with Crippen LogP contribution in [0.2, 0.25) is 0 Å². The van der Waals surface area contributed by atoms with E-state index >= 15 is 0 Å². The summed E-state index contributed by atoms with van der Waals surface area (Å²) in [4.78, 5) is 62.3. The van der Waals surface area contributed by atoms with Crippen LogP contribution in [-0.2, 0) is 38.4 Å². The Morgan fingerprint density at radius 1 is 0.814 bits per heavy atom. The Morgan fingerprint density at radius 2 is 1.44 bits per heavy atom. The maximum atomic E-state index is 13.8. The molecule has 0 saturated heterocycles. The second-order valence-corrected chi connectivity index (χ2v) is 10.8. The molecule has 2 aromatic carbocycles. The van der Waals surface area contributed by atoms with E-state index in [4.69, 9.17) is 5.73 Å². The molecule has 0 bridgehead atoms. The highest BCUT2D eigenvalue weighted by Crippen LogP contribution is 2.19. The first-order valence-electron chi connectivity index (χ1n) is 14.1. The highest BCUT2D eigenvalue weighted by Gasteiger charge is 2.32. The Labute approximate surface area is 248 Å². The quantitative estimate of drug-likeness (QED) is 0.116. The van der Waals surface area contributed by atoms with E-state index in [0.29, 0.717) is 5.69 Å². The number of carbonyl (C=O) groups is 4. The van der Waals surface area contributed by atoms with E-state index in [-0.39, 0.29) is 25.2 Å². The number of para-hydroxylation sites is 1. The highest BCUT2D eigenvalue weighted by atomic mass is 16.4. The van der Waals surface area contributed by atoms with Crippen LogP contribution in [0.25, 0.3) is 10.9 Å². The minimum atomic E-state index is -1.28. The fourth-order valence-electron chi connectivity index (χ4n) is 4.72. The van der Waals surface area contributed by atoms with Gasteiger partial charge >= 0.3 is 5.97 Å². The van der Waals surface area contributed by atoms with Crippen LogP contribution >= 0.6 is 0 Å². The predicted octanol–water partition coefficient (Wildman–Crippen LogP) is 1.44. The first-order chi connectivity index (χ1) is 20.6. The minimum absolute atomic E-state index is 0.0331. The molecule has 12 heteroatoms. The van der Waals surface area contributed by atoms with E-state index in [1.54, 1.807) is 20.0 Å². The number of carboxylic acids is 1. The van der Waals surface area contributed by atoms with E-state index in [1.807, 2.05) is 54.6 Å². The number of carbonyl (C=O) groups excluding carboxylic acids is 3. The van der Waals surface area contributed by atoms with Gasteiger partial charge in [0.25, 0.3) is 0 Å². The molecule has 8 N–H and O–H groups in total. The van der Waals surface area contributed by atoms with Crippen molar-refractivity contribution in [3.63, 3.8) is 0 Å². The molecule has 4 atom stereocenters. The lowest BCUT2D eigenvalue weighted by molar-refractivity contribution is -0.142.